The van der Waals surface area contributed by atoms with E-state index in [-0.39, 0.29) is 0 Å². The standard InChI is InChI=1S/C12H18N4/c1-9-2-4-16(5-3-9)12-14-7-10-6-13-8-11(10)15-12/h7,9,13H,2-6,8H2,1H3. The molecular formula is C12H18N4. The van der Waals surface area contributed by atoms with E-state index in [1.165, 1.54) is 24.1 Å². The highest BCUT2D eigenvalue weighted by atomic mass is 15.3. The molecule has 0 atom stereocenters. The normalized spacial score (nSPS) is 21.2. The lowest BCUT2D eigenvalue weighted by Crippen LogP contribution is -2.34. The number of nitrogens with zero attached hydrogens (tertiary/aromatic N) is 3. The van der Waals surface area contributed by atoms with Gasteiger partial charge < -0.3 is 10.2 Å². The Kier molecular flexibility index (Phi) is 2.52. The average Bonchev–Trinajstić information content (AvgIpc) is 2.77. The van der Waals surface area contributed by atoms with E-state index >= 15 is 0 Å². The minimum atomic E-state index is 0.854. The van der Waals surface area contributed by atoms with Crippen molar-refractivity contribution in [1.29, 1.82) is 0 Å². The third-order valence-electron chi connectivity index (χ3n) is 3.62. The maximum atomic E-state index is 4.65. The van der Waals surface area contributed by atoms with Gasteiger partial charge in [0.1, 0.15) is 0 Å². The third kappa shape index (κ3) is 1.78. The van der Waals surface area contributed by atoms with E-state index in [4.69, 9.17) is 0 Å². The summed E-state index contributed by atoms with van der Waals surface area (Å²) in [5.41, 5.74) is 2.44. The SMILES string of the molecule is CC1CCN(c2ncc3c(n2)CNC3)CC1. The summed E-state index contributed by atoms with van der Waals surface area (Å²) in [7, 11) is 0. The lowest BCUT2D eigenvalue weighted by atomic mass is 10.00. The first kappa shape index (κ1) is 10.0. The van der Waals surface area contributed by atoms with Gasteiger partial charge in [-0.3, -0.25) is 0 Å². The van der Waals surface area contributed by atoms with Gasteiger partial charge in [0.25, 0.3) is 0 Å². The number of fused-ring (bicyclic) bond motifs is 1. The molecule has 3 rings (SSSR count). The zero-order chi connectivity index (χ0) is 11.0. The molecule has 1 saturated heterocycles. The maximum Gasteiger partial charge on any atom is 0.225 e. The molecule has 1 aromatic rings. The van der Waals surface area contributed by atoms with Crippen molar-refractivity contribution >= 4 is 5.95 Å². The fourth-order valence-corrected chi connectivity index (χ4v) is 2.41. The minimum absolute atomic E-state index is 0.854. The predicted octanol–water partition coefficient (Wildman–Crippen LogP) is 1.32. The first-order chi connectivity index (χ1) is 7.83. The van der Waals surface area contributed by atoms with Crippen molar-refractivity contribution in [3.8, 4) is 0 Å². The summed E-state index contributed by atoms with van der Waals surface area (Å²) >= 11 is 0. The molecule has 3 heterocycles. The van der Waals surface area contributed by atoms with Crippen molar-refractivity contribution in [2.75, 3.05) is 18.0 Å². The highest BCUT2D eigenvalue weighted by molar-refractivity contribution is 5.35. The molecule has 4 heteroatoms. The first-order valence-electron chi connectivity index (χ1n) is 6.13. The van der Waals surface area contributed by atoms with Crippen molar-refractivity contribution in [3.05, 3.63) is 17.5 Å². The molecular weight excluding hydrogens is 200 g/mol. The van der Waals surface area contributed by atoms with Crippen LogP contribution < -0.4 is 10.2 Å². The van der Waals surface area contributed by atoms with Gasteiger partial charge in [0.05, 0.1) is 5.69 Å². The van der Waals surface area contributed by atoms with E-state index < -0.39 is 0 Å². The van der Waals surface area contributed by atoms with E-state index in [2.05, 4.69) is 27.1 Å². The molecule has 1 fully saturated rings. The van der Waals surface area contributed by atoms with Crippen LogP contribution in [0.1, 0.15) is 31.0 Å². The zero-order valence-electron chi connectivity index (χ0n) is 9.74. The molecule has 86 valence electrons. The van der Waals surface area contributed by atoms with Crippen LogP contribution in [0.25, 0.3) is 0 Å². The molecule has 16 heavy (non-hydrogen) atoms. The molecule has 0 saturated carbocycles. The van der Waals surface area contributed by atoms with Crippen LogP contribution in [0, 0.1) is 5.92 Å². The first-order valence-corrected chi connectivity index (χ1v) is 6.13. The summed E-state index contributed by atoms with van der Waals surface area (Å²) < 4.78 is 0. The number of anilines is 1. The molecule has 0 spiro atoms. The Morgan fingerprint density at radius 3 is 2.94 bits per heavy atom. The van der Waals surface area contributed by atoms with Crippen LogP contribution in [-0.4, -0.2) is 23.1 Å². The monoisotopic (exact) mass is 218 g/mol. The van der Waals surface area contributed by atoms with Gasteiger partial charge in [-0.2, -0.15) is 0 Å². The van der Waals surface area contributed by atoms with Crippen LogP contribution in [0.2, 0.25) is 0 Å². The summed E-state index contributed by atoms with van der Waals surface area (Å²) in [6, 6.07) is 0. The van der Waals surface area contributed by atoms with Crippen LogP contribution in [0.3, 0.4) is 0 Å². The number of nitrogens with one attached hydrogen (secondary N) is 1. The van der Waals surface area contributed by atoms with Gasteiger partial charge in [-0.05, 0) is 18.8 Å². The highest BCUT2D eigenvalue weighted by Crippen LogP contribution is 2.21. The topological polar surface area (TPSA) is 41.1 Å². The van der Waals surface area contributed by atoms with Gasteiger partial charge in [-0.15, -0.1) is 0 Å². The largest absolute Gasteiger partial charge is 0.341 e. The predicted molar refractivity (Wildman–Crippen MR) is 63.2 cm³/mol. The second kappa shape index (κ2) is 4.01. The van der Waals surface area contributed by atoms with Crippen molar-refractivity contribution in [2.45, 2.75) is 32.9 Å². The molecule has 4 nitrogen and oxygen atoms in total. The lowest BCUT2D eigenvalue weighted by Gasteiger charge is -2.30. The van der Waals surface area contributed by atoms with Gasteiger partial charge >= 0.3 is 0 Å². The summed E-state index contributed by atoms with van der Waals surface area (Å²) in [6.07, 6.45) is 4.51. The zero-order valence-corrected chi connectivity index (χ0v) is 9.74. The van der Waals surface area contributed by atoms with Crippen LogP contribution in [0.5, 0.6) is 0 Å². The third-order valence-corrected chi connectivity index (χ3v) is 3.62. The Balaban J connectivity index is 1.79. The van der Waals surface area contributed by atoms with Crippen LogP contribution in [0.15, 0.2) is 6.20 Å². The molecule has 0 amide bonds. The van der Waals surface area contributed by atoms with Crippen molar-refractivity contribution in [3.63, 3.8) is 0 Å². The summed E-state index contributed by atoms with van der Waals surface area (Å²) in [4.78, 5) is 11.4. The molecule has 0 aliphatic carbocycles. The van der Waals surface area contributed by atoms with Gasteiger partial charge in [0, 0.05) is 37.9 Å². The van der Waals surface area contributed by atoms with E-state index in [0.717, 1.165) is 38.0 Å². The molecule has 1 aromatic heterocycles. The fourth-order valence-electron chi connectivity index (χ4n) is 2.41. The van der Waals surface area contributed by atoms with Gasteiger partial charge in [0.15, 0.2) is 0 Å². The molecule has 0 bridgehead atoms. The average molecular weight is 218 g/mol. The fraction of sp³-hybridized carbons (Fsp3) is 0.667. The summed E-state index contributed by atoms with van der Waals surface area (Å²) in [5, 5.41) is 3.30. The van der Waals surface area contributed by atoms with Crippen LogP contribution in [0.4, 0.5) is 5.95 Å². The van der Waals surface area contributed by atoms with Crippen molar-refractivity contribution in [1.82, 2.24) is 15.3 Å². The van der Waals surface area contributed by atoms with Gasteiger partial charge in [-0.1, -0.05) is 6.92 Å². The van der Waals surface area contributed by atoms with Crippen molar-refractivity contribution < 1.29 is 0 Å². The Hall–Kier alpha value is -1.16. The Bertz CT molecular complexity index is 383. The Morgan fingerprint density at radius 2 is 2.12 bits per heavy atom. The molecule has 2 aliphatic heterocycles. The van der Waals surface area contributed by atoms with Gasteiger partial charge in [0.2, 0.25) is 5.95 Å². The lowest BCUT2D eigenvalue weighted by molar-refractivity contribution is 0.434. The number of piperidine rings is 1. The second-order valence-electron chi connectivity index (χ2n) is 4.92. The highest BCUT2D eigenvalue weighted by Gasteiger charge is 2.20. The van der Waals surface area contributed by atoms with Crippen molar-refractivity contribution in [2.24, 2.45) is 5.92 Å². The second-order valence-corrected chi connectivity index (χ2v) is 4.92. The maximum absolute atomic E-state index is 4.65. The van der Waals surface area contributed by atoms with Crippen LogP contribution in [-0.2, 0) is 13.1 Å². The quantitative estimate of drug-likeness (QED) is 0.772. The summed E-state index contributed by atoms with van der Waals surface area (Å²) in [6.45, 7) is 6.35. The Morgan fingerprint density at radius 1 is 1.31 bits per heavy atom. The number of hydrogen-bond acceptors (Lipinski definition) is 4. The van der Waals surface area contributed by atoms with Crippen LogP contribution >= 0.6 is 0 Å². The molecule has 1 N–H and O–H groups in total. The molecule has 0 radical (unpaired) electrons. The summed E-state index contributed by atoms with van der Waals surface area (Å²) in [5.74, 6) is 1.78. The van der Waals surface area contributed by atoms with Gasteiger partial charge in [-0.25, -0.2) is 9.97 Å². The molecule has 2 aliphatic rings. The minimum Gasteiger partial charge on any atom is -0.341 e. The molecule has 0 unspecified atom stereocenters. The smallest absolute Gasteiger partial charge is 0.225 e. The van der Waals surface area contributed by atoms with E-state index in [1.807, 2.05) is 6.20 Å². The number of aromatic nitrogens is 2. The van der Waals surface area contributed by atoms with E-state index in [0.29, 0.717) is 0 Å². The van der Waals surface area contributed by atoms with E-state index in [1.54, 1.807) is 0 Å². The number of rotatable bonds is 1. The van der Waals surface area contributed by atoms with E-state index in [9.17, 15) is 0 Å². The Labute approximate surface area is 96.1 Å². The molecule has 0 aromatic carbocycles. The number of hydrogen-bond donors (Lipinski definition) is 1.